The lowest BCUT2D eigenvalue weighted by molar-refractivity contribution is -0.127. The number of carbonyl (C=O) groups excluding carboxylic acids is 1. The minimum atomic E-state index is -1.62. The maximum atomic E-state index is 13.2. The fraction of sp³-hybridized carbons (Fsp3) is 0.321. The zero-order chi connectivity index (χ0) is 27.2. The van der Waals surface area contributed by atoms with Crippen LogP contribution >= 0.6 is 0 Å². The molecule has 0 aliphatic carbocycles. The fourth-order valence-electron chi connectivity index (χ4n) is 4.68. The molecule has 9 nitrogen and oxygen atoms in total. The van der Waals surface area contributed by atoms with Gasteiger partial charge >= 0.3 is 0 Å². The number of nitrogens with one attached hydrogen (secondary N) is 1. The van der Waals surface area contributed by atoms with Crippen molar-refractivity contribution in [2.75, 3.05) is 19.6 Å². The molecular formula is C28H34N6O3S. The van der Waals surface area contributed by atoms with Crippen LogP contribution in [-0.2, 0) is 22.5 Å². The molecule has 1 aliphatic heterocycles. The van der Waals surface area contributed by atoms with Gasteiger partial charge in [0.2, 0.25) is 5.91 Å². The Morgan fingerprint density at radius 1 is 1.11 bits per heavy atom. The van der Waals surface area contributed by atoms with Gasteiger partial charge in [0, 0.05) is 55.3 Å². The van der Waals surface area contributed by atoms with Gasteiger partial charge in [0.25, 0.3) is 5.56 Å². The summed E-state index contributed by atoms with van der Waals surface area (Å²) in [5.74, 6) is 0.413. The number of aliphatic imine (C=N–C) groups is 1. The molecule has 2 aromatic carbocycles. The highest BCUT2D eigenvalue weighted by molar-refractivity contribution is 7.80. The van der Waals surface area contributed by atoms with Gasteiger partial charge in [-0.3, -0.25) is 9.59 Å². The molecule has 38 heavy (non-hydrogen) atoms. The standard InChI is InChI=1S/C28H34N6O3S/c1-3-11-33(12-4-2)27(35)23-16-22-6-5-20(17-25(22)32-26(29)18-23)19-7-8-24-21(15-19)9-13-34(28(24)36)14-10-31-38(30)37/h5-9,13,15-17,31H,3-4,10-12,14,18,30H2,1-2H3,(H2,29,32). The number of rotatable bonds is 10. The van der Waals surface area contributed by atoms with E-state index in [4.69, 9.17) is 10.9 Å². The quantitative estimate of drug-likeness (QED) is 0.368. The van der Waals surface area contributed by atoms with Crippen LogP contribution in [0.15, 0.2) is 64.0 Å². The molecule has 0 saturated carbocycles. The third kappa shape index (κ3) is 6.27. The highest BCUT2D eigenvalue weighted by atomic mass is 32.2. The Morgan fingerprint density at radius 3 is 2.53 bits per heavy atom. The molecule has 3 aromatic rings. The van der Waals surface area contributed by atoms with E-state index < -0.39 is 11.2 Å². The number of aromatic nitrogens is 1. The molecule has 1 amide bonds. The lowest BCUT2D eigenvalue weighted by atomic mass is 9.99. The van der Waals surface area contributed by atoms with E-state index in [9.17, 15) is 13.8 Å². The summed E-state index contributed by atoms with van der Waals surface area (Å²) in [6.07, 6.45) is 5.74. The first-order valence-corrected chi connectivity index (χ1v) is 14.0. The number of benzene rings is 2. The second-order valence-electron chi connectivity index (χ2n) is 9.32. The molecule has 1 atom stereocenters. The van der Waals surface area contributed by atoms with E-state index in [1.54, 1.807) is 10.8 Å². The Balaban J connectivity index is 1.64. The molecule has 0 saturated heterocycles. The zero-order valence-electron chi connectivity index (χ0n) is 21.8. The Bertz CT molecular complexity index is 1490. The Morgan fingerprint density at radius 2 is 1.82 bits per heavy atom. The summed E-state index contributed by atoms with van der Waals surface area (Å²) in [5.41, 5.74) is 10.2. The smallest absolute Gasteiger partial charge is 0.258 e. The van der Waals surface area contributed by atoms with Gasteiger partial charge in [-0.05, 0) is 59.7 Å². The van der Waals surface area contributed by atoms with E-state index in [1.807, 2.05) is 53.4 Å². The van der Waals surface area contributed by atoms with Crippen LogP contribution in [0.4, 0.5) is 5.69 Å². The molecule has 1 aromatic heterocycles. The van der Waals surface area contributed by atoms with Crippen molar-refractivity contribution in [2.45, 2.75) is 39.7 Å². The SMILES string of the molecule is CCCN(CCC)C(=O)C1=Cc2ccc(-c3ccc4c(=O)n(CCNS(N)=O)ccc4c3)cc2N=C(N)C1. The average molecular weight is 535 g/mol. The predicted molar refractivity (Wildman–Crippen MR) is 155 cm³/mol. The number of pyridine rings is 1. The van der Waals surface area contributed by atoms with Crippen molar-refractivity contribution < 1.29 is 9.00 Å². The van der Waals surface area contributed by atoms with Gasteiger partial charge < -0.3 is 15.2 Å². The molecule has 0 spiro atoms. The van der Waals surface area contributed by atoms with Crippen molar-refractivity contribution in [1.82, 2.24) is 14.2 Å². The molecule has 0 bridgehead atoms. The first-order chi connectivity index (χ1) is 18.3. The molecule has 0 fully saturated rings. The lowest BCUT2D eigenvalue weighted by Crippen LogP contribution is -2.34. The Hall–Kier alpha value is -3.60. The number of nitrogens with two attached hydrogens (primary N) is 2. The summed E-state index contributed by atoms with van der Waals surface area (Å²) in [7, 11) is 0. The monoisotopic (exact) mass is 534 g/mol. The van der Waals surface area contributed by atoms with Crippen LogP contribution in [0.25, 0.3) is 28.0 Å². The molecule has 10 heteroatoms. The number of amidine groups is 1. The Labute approximate surface area is 225 Å². The maximum Gasteiger partial charge on any atom is 0.258 e. The molecule has 1 unspecified atom stereocenters. The predicted octanol–water partition coefficient (Wildman–Crippen LogP) is 3.22. The van der Waals surface area contributed by atoms with Gasteiger partial charge in [-0.15, -0.1) is 0 Å². The van der Waals surface area contributed by atoms with Gasteiger partial charge in [-0.2, -0.15) is 0 Å². The summed E-state index contributed by atoms with van der Waals surface area (Å²) >= 11 is -1.62. The highest BCUT2D eigenvalue weighted by Gasteiger charge is 2.21. The minimum Gasteiger partial charge on any atom is -0.387 e. The Kier molecular flexibility index (Phi) is 8.88. The second kappa shape index (κ2) is 12.3. The number of hydrogen-bond donors (Lipinski definition) is 3. The normalized spacial score (nSPS) is 13.9. The van der Waals surface area contributed by atoms with E-state index in [2.05, 4.69) is 23.6 Å². The van der Waals surface area contributed by atoms with Crippen LogP contribution in [0, 0.1) is 0 Å². The number of amides is 1. The van der Waals surface area contributed by atoms with Crippen LogP contribution < -0.4 is 21.2 Å². The first-order valence-electron chi connectivity index (χ1n) is 12.8. The third-order valence-corrected chi connectivity index (χ3v) is 6.94. The number of fused-ring (bicyclic) bond motifs is 2. The minimum absolute atomic E-state index is 0.0102. The molecule has 200 valence electrons. The third-order valence-electron chi connectivity index (χ3n) is 6.45. The van der Waals surface area contributed by atoms with E-state index in [0.717, 1.165) is 34.9 Å². The van der Waals surface area contributed by atoms with Gasteiger partial charge in [-0.25, -0.2) is 19.1 Å². The number of carbonyl (C=O) groups is 1. The number of nitrogens with zero attached hydrogens (tertiary/aromatic N) is 3. The average Bonchev–Trinajstić information content (AvgIpc) is 3.06. The van der Waals surface area contributed by atoms with E-state index in [-0.39, 0.29) is 11.5 Å². The summed E-state index contributed by atoms with van der Waals surface area (Å²) in [6, 6.07) is 13.5. The molecule has 1 aliphatic rings. The fourth-order valence-corrected chi connectivity index (χ4v) is 4.97. The van der Waals surface area contributed by atoms with Gasteiger partial charge in [-0.1, -0.05) is 32.0 Å². The lowest BCUT2D eigenvalue weighted by Gasteiger charge is -2.22. The van der Waals surface area contributed by atoms with Crippen molar-refractivity contribution in [3.63, 3.8) is 0 Å². The van der Waals surface area contributed by atoms with E-state index in [0.29, 0.717) is 55.1 Å². The van der Waals surface area contributed by atoms with Gasteiger partial charge in [0.1, 0.15) is 5.84 Å². The summed E-state index contributed by atoms with van der Waals surface area (Å²) in [4.78, 5) is 32.6. The molecule has 2 heterocycles. The molecule has 4 rings (SSSR count). The van der Waals surface area contributed by atoms with Gasteiger partial charge in [0.15, 0.2) is 11.2 Å². The molecule has 5 N–H and O–H groups in total. The van der Waals surface area contributed by atoms with Crippen LogP contribution in [0.3, 0.4) is 0 Å². The molecule has 0 radical (unpaired) electrons. The highest BCUT2D eigenvalue weighted by Crippen LogP contribution is 2.33. The van der Waals surface area contributed by atoms with Crippen molar-refractivity contribution in [3.8, 4) is 11.1 Å². The maximum absolute atomic E-state index is 13.2. The zero-order valence-corrected chi connectivity index (χ0v) is 22.6. The second-order valence-corrected chi connectivity index (χ2v) is 10.2. The van der Waals surface area contributed by atoms with Crippen LogP contribution in [0.1, 0.15) is 38.7 Å². The van der Waals surface area contributed by atoms with Crippen molar-refractivity contribution in [1.29, 1.82) is 0 Å². The topological polar surface area (TPSA) is 136 Å². The van der Waals surface area contributed by atoms with Gasteiger partial charge in [0.05, 0.1) is 5.69 Å². The van der Waals surface area contributed by atoms with Crippen LogP contribution in [0.5, 0.6) is 0 Å². The number of hydrogen-bond acceptors (Lipinski definition) is 5. The molecular weight excluding hydrogens is 500 g/mol. The van der Waals surface area contributed by atoms with Crippen molar-refractivity contribution in [3.05, 3.63) is 70.2 Å². The van der Waals surface area contributed by atoms with Crippen molar-refractivity contribution >= 4 is 45.5 Å². The van der Waals surface area contributed by atoms with E-state index in [1.165, 1.54) is 0 Å². The van der Waals surface area contributed by atoms with Crippen molar-refractivity contribution in [2.24, 2.45) is 15.9 Å². The van der Waals surface area contributed by atoms with E-state index >= 15 is 0 Å². The van der Waals surface area contributed by atoms with Crippen LogP contribution in [0.2, 0.25) is 0 Å². The summed E-state index contributed by atoms with van der Waals surface area (Å²) < 4.78 is 15.2. The summed E-state index contributed by atoms with van der Waals surface area (Å²) in [6.45, 7) is 6.24. The summed E-state index contributed by atoms with van der Waals surface area (Å²) in [5, 5.41) is 6.62. The first kappa shape index (κ1) is 27.4. The van der Waals surface area contributed by atoms with Crippen LogP contribution in [-0.4, -0.2) is 45.1 Å². The largest absolute Gasteiger partial charge is 0.387 e.